The number of carbonyl (C=O) groups is 1. The van der Waals surface area contributed by atoms with Crippen LogP contribution < -0.4 is 0 Å². The second-order valence-corrected chi connectivity index (χ2v) is 5.94. The van der Waals surface area contributed by atoms with Crippen LogP contribution in [0.4, 0.5) is 4.39 Å². The van der Waals surface area contributed by atoms with Crippen LogP contribution in [-0.2, 0) is 0 Å². The Morgan fingerprint density at radius 2 is 1.41 bits per heavy atom. The molecule has 0 amide bonds. The van der Waals surface area contributed by atoms with Gasteiger partial charge in [0.25, 0.3) is 0 Å². The van der Waals surface area contributed by atoms with Crippen LogP contribution in [0.3, 0.4) is 0 Å². The molecule has 4 aromatic rings. The molecule has 27 heavy (non-hydrogen) atoms. The van der Waals surface area contributed by atoms with Crippen molar-refractivity contribution in [3.8, 4) is 22.6 Å². The number of rotatable bonds is 5. The molecular weight excluding hydrogens is 343 g/mol. The van der Waals surface area contributed by atoms with Crippen molar-refractivity contribution < 1.29 is 18.0 Å². The highest BCUT2D eigenvalue weighted by atomic mass is 19.1. The molecule has 0 N–H and O–H groups in total. The average Bonchev–Trinajstić information content (AvgIpc) is 3.37. The van der Waals surface area contributed by atoms with Crippen molar-refractivity contribution in [3.63, 3.8) is 0 Å². The Labute approximate surface area is 155 Å². The van der Waals surface area contributed by atoms with Gasteiger partial charge in [0, 0.05) is 11.1 Å². The fourth-order valence-electron chi connectivity index (χ4n) is 2.68. The van der Waals surface area contributed by atoms with Crippen LogP contribution in [0.5, 0.6) is 0 Å². The van der Waals surface area contributed by atoms with Crippen LogP contribution in [0.2, 0.25) is 0 Å². The third-order valence-corrected chi connectivity index (χ3v) is 4.06. The van der Waals surface area contributed by atoms with E-state index in [2.05, 4.69) is 0 Å². The molecule has 0 atom stereocenters. The number of hydrogen-bond acceptors (Lipinski definition) is 3. The van der Waals surface area contributed by atoms with E-state index in [1.165, 1.54) is 18.2 Å². The molecule has 0 aliphatic carbocycles. The largest absolute Gasteiger partial charge is 0.457 e. The third-order valence-electron chi connectivity index (χ3n) is 4.06. The van der Waals surface area contributed by atoms with Gasteiger partial charge in [-0.15, -0.1) is 0 Å². The van der Waals surface area contributed by atoms with Crippen LogP contribution in [0.15, 0.2) is 93.8 Å². The Bertz CT molecular complexity index is 1090. The Kier molecular flexibility index (Phi) is 4.54. The number of ketones is 1. The smallest absolute Gasteiger partial charge is 0.221 e. The van der Waals surface area contributed by atoms with Gasteiger partial charge in [0.1, 0.15) is 23.1 Å². The van der Waals surface area contributed by atoms with Crippen molar-refractivity contribution in [2.24, 2.45) is 0 Å². The van der Waals surface area contributed by atoms with Crippen LogP contribution in [0.25, 0.3) is 28.7 Å². The highest BCUT2D eigenvalue weighted by Gasteiger charge is 2.10. The molecular formula is C23H15FO3. The summed E-state index contributed by atoms with van der Waals surface area (Å²) in [6.45, 7) is 0. The van der Waals surface area contributed by atoms with E-state index in [1.807, 2.05) is 36.4 Å². The van der Waals surface area contributed by atoms with Gasteiger partial charge in [-0.25, -0.2) is 4.39 Å². The van der Waals surface area contributed by atoms with Crippen molar-refractivity contribution in [3.05, 3.63) is 102 Å². The van der Waals surface area contributed by atoms with Gasteiger partial charge in [0.2, 0.25) is 5.78 Å². The maximum atomic E-state index is 13.0. The molecule has 2 heterocycles. The van der Waals surface area contributed by atoms with Gasteiger partial charge in [0.05, 0.1) is 0 Å². The molecule has 0 bridgehead atoms. The fourth-order valence-corrected chi connectivity index (χ4v) is 2.68. The predicted octanol–water partition coefficient (Wildman–Crippen LogP) is 6.24. The van der Waals surface area contributed by atoms with Gasteiger partial charge in [-0.2, -0.15) is 0 Å². The van der Waals surface area contributed by atoms with Crippen molar-refractivity contribution in [2.45, 2.75) is 0 Å². The van der Waals surface area contributed by atoms with Gasteiger partial charge < -0.3 is 8.83 Å². The third kappa shape index (κ3) is 3.80. The summed E-state index contributed by atoms with van der Waals surface area (Å²) in [6.07, 6.45) is 3.01. The maximum absolute atomic E-state index is 13.0. The standard InChI is InChI=1S/C23H15FO3/c24-18-8-6-17(7-9-18)22-14-15-23(27-22)20(25)12-10-19-11-13-21(26-19)16-4-2-1-3-5-16/h1-15H. The summed E-state index contributed by atoms with van der Waals surface area (Å²) in [5, 5.41) is 0. The molecule has 0 aliphatic rings. The van der Waals surface area contributed by atoms with Gasteiger partial charge in [-0.1, -0.05) is 30.3 Å². The number of allylic oxidation sites excluding steroid dienone is 1. The molecule has 132 valence electrons. The maximum Gasteiger partial charge on any atom is 0.221 e. The second kappa shape index (κ2) is 7.30. The van der Waals surface area contributed by atoms with Crippen molar-refractivity contribution in [1.29, 1.82) is 0 Å². The normalized spacial score (nSPS) is 11.1. The highest BCUT2D eigenvalue weighted by molar-refractivity contribution is 6.05. The fraction of sp³-hybridized carbons (Fsp3) is 0. The molecule has 0 saturated carbocycles. The van der Waals surface area contributed by atoms with Crippen molar-refractivity contribution in [1.82, 2.24) is 0 Å². The molecule has 0 unspecified atom stereocenters. The van der Waals surface area contributed by atoms with Crippen LogP contribution in [0.1, 0.15) is 16.3 Å². The summed E-state index contributed by atoms with van der Waals surface area (Å²) >= 11 is 0. The first-order chi connectivity index (χ1) is 13.2. The molecule has 0 spiro atoms. The monoisotopic (exact) mass is 358 g/mol. The van der Waals surface area contributed by atoms with E-state index in [9.17, 15) is 9.18 Å². The summed E-state index contributed by atoms with van der Waals surface area (Å²) < 4.78 is 24.3. The number of hydrogen-bond donors (Lipinski definition) is 0. The molecule has 4 rings (SSSR count). The number of benzene rings is 2. The van der Waals surface area contributed by atoms with E-state index in [0.717, 1.165) is 11.3 Å². The molecule has 3 nitrogen and oxygen atoms in total. The Hall–Kier alpha value is -3.66. The first kappa shape index (κ1) is 16.8. The van der Waals surface area contributed by atoms with Crippen molar-refractivity contribution in [2.75, 3.05) is 0 Å². The summed E-state index contributed by atoms with van der Waals surface area (Å²) in [5.41, 5.74) is 1.68. The Morgan fingerprint density at radius 1 is 0.741 bits per heavy atom. The van der Waals surface area contributed by atoms with E-state index in [0.29, 0.717) is 17.1 Å². The molecule has 4 heteroatoms. The van der Waals surface area contributed by atoms with Gasteiger partial charge in [-0.05, 0) is 60.7 Å². The summed E-state index contributed by atoms with van der Waals surface area (Å²) in [5.74, 6) is 1.43. The molecule has 0 fully saturated rings. The predicted molar refractivity (Wildman–Crippen MR) is 102 cm³/mol. The lowest BCUT2D eigenvalue weighted by Crippen LogP contribution is -1.90. The first-order valence-electron chi connectivity index (χ1n) is 8.42. The summed E-state index contributed by atoms with van der Waals surface area (Å²) in [6, 6.07) is 22.6. The first-order valence-corrected chi connectivity index (χ1v) is 8.42. The van der Waals surface area contributed by atoms with Gasteiger partial charge >= 0.3 is 0 Å². The zero-order valence-electron chi connectivity index (χ0n) is 14.3. The lowest BCUT2D eigenvalue weighted by molar-refractivity contribution is 0.102. The van der Waals surface area contributed by atoms with Gasteiger partial charge in [0.15, 0.2) is 5.76 Å². The minimum Gasteiger partial charge on any atom is -0.457 e. The minimum atomic E-state index is -0.321. The van der Waals surface area contributed by atoms with E-state index in [-0.39, 0.29) is 17.4 Å². The summed E-state index contributed by atoms with van der Waals surface area (Å²) in [4.78, 5) is 12.3. The quantitative estimate of drug-likeness (QED) is 0.313. The molecule has 2 aromatic carbocycles. The molecule has 0 radical (unpaired) electrons. The van der Waals surface area contributed by atoms with E-state index in [4.69, 9.17) is 8.83 Å². The number of furan rings is 2. The van der Waals surface area contributed by atoms with Crippen LogP contribution in [0, 0.1) is 5.82 Å². The zero-order chi connectivity index (χ0) is 18.6. The lowest BCUT2D eigenvalue weighted by atomic mass is 10.2. The number of carbonyl (C=O) groups excluding carboxylic acids is 1. The van der Waals surface area contributed by atoms with E-state index < -0.39 is 0 Å². The summed E-state index contributed by atoms with van der Waals surface area (Å²) in [7, 11) is 0. The SMILES string of the molecule is O=C(C=Cc1ccc(-c2ccccc2)o1)c1ccc(-c2ccc(F)cc2)o1. The second-order valence-electron chi connectivity index (χ2n) is 5.94. The van der Waals surface area contributed by atoms with Crippen LogP contribution >= 0.6 is 0 Å². The Balaban J connectivity index is 1.48. The topological polar surface area (TPSA) is 43.4 Å². The van der Waals surface area contributed by atoms with Gasteiger partial charge in [-0.3, -0.25) is 4.79 Å². The number of halogens is 1. The van der Waals surface area contributed by atoms with Crippen molar-refractivity contribution >= 4 is 11.9 Å². The average molecular weight is 358 g/mol. The lowest BCUT2D eigenvalue weighted by Gasteiger charge is -1.96. The Morgan fingerprint density at radius 3 is 2.19 bits per heavy atom. The van der Waals surface area contributed by atoms with E-state index in [1.54, 1.807) is 36.4 Å². The van der Waals surface area contributed by atoms with Crippen LogP contribution in [-0.4, -0.2) is 5.78 Å². The molecule has 0 saturated heterocycles. The zero-order valence-corrected chi connectivity index (χ0v) is 14.3. The minimum absolute atomic E-state index is 0.209. The highest BCUT2D eigenvalue weighted by Crippen LogP contribution is 2.24. The molecule has 0 aliphatic heterocycles. The molecule has 2 aromatic heterocycles. The van der Waals surface area contributed by atoms with E-state index >= 15 is 0 Å².